The lowest BCUT2D eigenvalue weighted by molar-refractivity contribution is -0.301. The van der Waals surface area contributed by atoms with E-state index in [1.807, 2.05) is 0 Å². The van der Waals surface area contributed by atoms with Crippen LogP contribution in [0.4, 0.5) is 0 Å². The van der Waals surface area contributed by atoms with Crippen LogP contribution in [-0.2, 0) is 66.7 Å². The molecule has 506 valence electrons. The highest BCUT2D eigenvalue weighted by atomic mass is 16.7. The third kappa shape index (κ3) is 36.3. The third-order valence-electron chi connectivity index (χ3n) is 14.3. The zero-order chi connectivity index (χ0) is 64.1. The highest BCUT2D eigenvalue weighted by molar-refractivity contribution is 5.80. The number of aliphatic carboxylic acids is 1. The maximum Gasteiger partial charge on any atom is 0.303 e. The zero-order valence-corrected chi connectivity index (χ0v) is 50.7. The van der Waals surface area contributed by atoms with E-state index in [-0.39, 0.29) is 153 Å². The number of ketones is 1. The average molecular weight is 1260 g/mol. The summed E-state index contributed by atoms with van der Waals surface area (Å²) < 4.78 is 39.6. The van der Waals surface area contributed by atoms with Crippen LogP contribution < -0.4 is 37.6 Å². The Balaban J connectivity index is 1.86. The van der Waals surface area contributed by atoms with E-state index < -0.39 is 86.1 Å². The van der Waals surface area contributed by atoms with Gasteiger partial charge in [0.1, 0.15) is 60.2 Å². The van der Waals surface area contributed by atoms with E-state index in [0.717, 1.165) is 38.5 Å². The van der Waals surface area contributed by atoms with E-state index in [2.05, 4.69) is 31.9 Å². The van der Waals surface area contributed by atoms with Gasteiger partial charge in [-0.15, -0.1) is 0 Å². The molecule has 0 aromatic carbocycles. The fourth-order valence-corrected chi connectivity index (χ4v) is 9.12. The lowest BCUT2D eigenvalue weighted by atomic mass is 9.99. The Kier molecular flexibility index (Phi) is 44.1. The molecule has 7 unspecified atom stereocenters. The van der Waals surface area contributed by atoms with Gasteiger partial charge in [-0.1, -0.05) is 38.5 Å². The molecule has 2 saturated heterocycles. The highest BCUT2D eigenvalue weighted by Crippen LogP contribution is 2.24. The normalized spacial score (nSPS) is 22.7. The minimum Gasteiger partial charge on any atom is -0.481 e. The molecule has 0 radical (unpaired) electrons. The number of hydrogen-bond acceptors (Lipinski definition) is 24. The molecule has 11 atom stereocenters. The number of aliphatic hydroxyl groups is 8. The molecule has 0 bridgehead atoms. The molecule has 5 amide bonds. The zero-order valence-electron chi connectivity index (χ0n) is 50.7. The van der Waals surface area contributed by atoms with E-state index in [4.69, 9.17) is 44.0 Å². The van der Waals surface area contributed by atoms with Crippen molar-refractivity contribution in [2.45, 2.75) is 208 Å². The number of Topliss-reactive ketones (excluding diaryl/α,β-unsaturated/α-hetero) is 1. The molecule has 2 aliphatic heterocycles. The molecule has 30 nitrogen and oxygen atoms in total. The van der Waals surface area contributed by atoms with Gasteiger partial charge in [-0.2, -0.15) is 0 Å². The molecule has 0 aromatic heterocycles. The number of carbonyl (C=O) groups excluding carboxylic acids is 6. The van der Waals surface area contributed by atoms with Gasteiger partial charge in [-0.25, -0.2) is 0 Å². The Labute approximate surface area is 510 Å². The number of amides is 5. The smallest absolute Gasteiger partial charge is 0.303 e. The van der Waals surface area contributed by atoms with Crippen LogP contribution >= 0.6 is 0 Å². The Bertz CT molecular complexity index is 1900. The maximum absolute atomic E-state index is 13.6. The lowest BCUT2D eigenvalue weighted by Crippen LogP contribution is -2.59. The van der Waals surface area contributed by atoms with Crippen molar-refractivity contribution in [3.05, 3.63) is 0 Å². The molecule has 2 heterocycles. The van der Waals surface area contributed by atoms with E-state index in [1.54, 1.807) is 0 Å². The molecule has 2 rings (SSSR count). The number of hydrogen-bond donors (Lipinski definition) is 16. The van der Waals surface area contributed by atoms with Gasteiger partial charge in [0, 0.05) is 84.3 Å². The number of carbonyl (C=O) groups is 7. The monoisotopic (exact) mass is 1260 g/mol. The number of nitrogens with two attached hydrogens (primary N) is 1. The predicted molar refractivity (Wildman–Crippen MR) is 311 cm³/mol. The van der Waals surface area contributed by atoms with Crippen LogP contribution in [0.25, 0.3) is 0 Å². The fourth-order valence-electron chi connectivity index (χ4n) is 9.12. The molecular formula is C57H105N7O23. The first-order chi connectivity index (χ1) is 41.9. The van der Waals surface area contributed by atoms with Crippen LogP contribution in [-0.4, -0.2) is 266 Å². The summed E-state index contributed by atoms with van der Waals surface area (Å²) in [5.41, 5.74) is 4.24. The lowest BCUT2D eigenvalue weighted by Gasteiger charge is -2.39. The van der Waals surface area contributed by atoms with Crippen molar-refractivity contribution in [2.75, 3.05) is 112 Å². The summed E-state index contributed by atoms with van der Waals surface area (Å²) in [6.45, 7) is 0.711. The summed E-state index contributed by atoms with van der Waals surface area (Å²) in [6.07, 6.45) is -3.07. The second-order valence-corrected chi connectivity index (χ2v) is 22.0. The molecule has 2 aliphatic rings. The van der Waals surface area contributed by atoms with Crippen LogP contribution in [0.15, 0.2) is 0 Å². The van der Waals surface area contributed by atoms with E-state index in [1.165, 1.54) is 0 Å². The van der Waals surface area contributed by atoms with Gasteiger partial charge >= 0.3 is 5.97 Å². The molecule has 0 saturated carbocycles. The minimum absolute atomic E-state index is 0.00721. The van der Waals surface area contributed by atoms with Gasteiger partial charge in [0.2, 0.25) is 29.5 Å². The Morgan fingerprint density at radius 1 is 0.414 bits per heavy atom. The number of ether oxygens (including phenoxy) is 7. The highest BCUT2D eigenvalue weighted by Gasteiger charge is 2.45. The molecule has 30 heteroatoms. The van der Waals surface area contributed by atoms with Gasteiger partial charge in [0.15, 0.2) is 12.6 Å². The van der Waals surface area contributed by atoms with E-state index in [9.17, 15) is 74.4 Å². The first-order valence-electron chi connectivity index (χ1n) is 31.0. The predicted octanol–water partition coefficient (Wildman–Crippen LogP) is -3.23. The number of unbranched alkanes of at least 4 members (excludes halogenated alkanes) is 9. The Morgan fingerprint density at radius 2 is 0.793 bits per heavy atom. The molecule has 0 aliphatic carbocycles. The molecular weight excluding hydrogens is 1150 g/mol. The van der Waals surface area contributed by atoms with Crippen molar-refractivity contribution >= 4 is 41.3 Å². The van der Waals surface area contributed by atoms with Gasteiger partial charge in [-0.3, -0.25) is 33.6 Å². The van der Waals surface area contributed by atoms with Gasteiger partial charge in [0.05, 0.1) is 59.4 Å². The maximum atomic E-state index is 13.6. The topological polar surface area (TPSA) is 464 Å². The van der Waals surface area contributed by atoms with Crippen LogP contribution in [0.3, 0.4) is 0 Å². The second-order valence-electron chi connectivity index (χ2n) is 22.0. The summed E-state index contributed by atoms with van der Waals surface area (Å²) in [7, 11) is 0. The van der Waals surface area contributed by atoms with E-state index in [0.29, 0.717) is 84.0 Å². The summed E-state index contributed by atoms with van der Waals surface area (Å²) in [5.74, 6) is -2.25. The number of aliphatic hydroxyl groups excluding tert-OH is 8. The van der Waals surface area contributed by atoms with Crippen molar-refractivity contribution < 1.29 is 113 Å². The summed E-state index contributed by atoms with van der Waals surface area (Å²) in [5, 5.41) is 105. The number of carboxylic acids is 1. The Morgan fingerprint density at radius 3 is 1.23 bits per heavy atom. The van der Waals surface area contributed by atoms with Gasteiger partial charge in [-0.05, 0) is 70.9 Å². The average Bonchev–Trinajstić information content (AvgIpc) is 2.70. The number of carboxylic acid groups (broad SMARTS) is 1. The standard InChI is InChI=1S/C57H105N7O23/c58-23-13-25-60-44(69)20-31-81-37-57(64-47(72)18-7-5-3-1-2-4-6-8-19-48(73)74,39-83-33-22-46(71)63-28-15-27-61-43(68)17-10-12-30-85-56-54(80)52(78)50(76)42(36-66)87-56)38-82-32-21-45(70)62-26-14-24-59-34-40(67)16-9-11-29-84-55-53(79)51(77)49(75)41(35-65)86-55/h41-42,49-56,59,65-66,75-80H,1-39,58H2,(H,60,69)(H,61,68)(H,62,70)(H,63,71)(H,64,72)(H,73,74)/t41?,42?,49-,50-,51?,52?,53?,54?,55-,56-,57?/m1/s1. The van der Waals surface area contributed by atoms with Crippen molar-refractivity contribution in [3.8, 4) is 0 Å². The summed E-state index contributed by atoms with van der Waals surface area (Å²) in [4.78, 5) is 87.4. The largest absolute Gasteiger partial charge is 0.481 e. The molecule has 0 spiro atoms. The molecule has 2 fully saturated rings. The number of rotatable bonds is 54. The number of nitrogens with one attached hydrogen (secondary N) is 6. The van der Waals surface area contributed by atoms with Crippen LogP contribution in [0.1, 0.15) is 141 Å². The van der Waals surface area contributed by atoms with Crippen molar-refractivity contribution in [2.24, 2.45) is 5.73 Å². The van der Waals surface area contributed by atoms with Crippen molar-refractivity contribution in [1.82, 2.24) is 31.9 Å². The quantitative estimate of drug-likeness (QED) is 0.0266. The van der Waals surface area contributed by atoms with Crippen molar-refractivity contribution in [3.63, 3.8) is 0 Å². The summed E-state index contributed by atoms with van der Waals surface area (Å²) in [6, 6.07) is 0. The van der Waals surface area contributed by atoms with Crippen molar-refractivity contribution in [1.29, 1.82) is 0 Å². The Hall–Kier alpha value is -4.19. The van der Waals surface area contributed by atoms with Crippen LogP contribution in [0, 0.1) is 0 Å². The van der Waals surface area contributed by atoms with Gasteiger partial charge < -0.3 is 117 Å². The molecule has 87 heavy (non-hydrogen) atoms. The van der Waals surface area contributed by atoms with Crippen LogP contribution in [0.5, 0.6) is 0 Å². The third-order valence-corrected chi connectivity index (χ3v) is 14.3. The first-order valence-corrected chi connectivity index (χ1v) is 31.0. The van der Waals surface area contributed by atoms with Crippen LogP contribution in [0.2, 0.25) is 0 Å². The fraction of sp³-hybridized carbons (Fsp3) is 0.877. The minimum atomic E-state index is -1.55. The first kappa shape index (κ1) is 78.9. The summed E-state index contributed by atoms with van der Waals surface area (Å²) >= 11 is 0. The molecule has 17 N–H and O–H groups in total. The molecule has 0 aromatic rings. The second kappa shape index (κ2) is 48.6. The van der Waals surface area contributed by atoms with Gasteiger partial charge in [0.25, 0.3) is 0 Å². The van der Waals surface area contributed by atoms with E-state index >= 15 is 0 Å². The SMILES string of the molecule is NCCCNC(=O)CCOCC(COCCC(=O)NCCCNCC(=O)CCCCO[C@@H]1OC(CO)[C@@H](O)C(O)C1O)(COCCC(=O)NCCCNC(=O)CCCCO[C@@H]1OC(CO)[C@@H](O)C(O)C1O)NC(=O)CCCCCCCCCCC(=O)O.